The maximum Gasteiger partial charge on any atom is 0.418 e. The van der Waals surface area contributed by atoms with Gasteiger partial charge >= 0.3 is 12.2 Å². The minimum absolute atomic E-state index is 0.0270. The van der Waals surface area contributed by atoms with Crippen LogP contribution in [0.5, 0.6) is 6.01 Å². The standard InChI is InChI=1S/C33H32ClF6N7O/c1-14-8-19-18-5-4-17(42-18)12-47(19)30-22-21(14)25(34)23(27-24(33(38,39)40)15(2)9-20(41)43-27)26(35)28(22)44-31(45-30)48-13-32-6-3-7-46(32)11-16(10-32)29(36)37/h9,17-19,42H,1,3-8,10-13H2,2H3,(H2,41,43)/t17-,18+,19-,32+/m1/s1. The second-order valence-electron chi connectivity index (χ2n) is 13.7. The first-order valence-electron chi connectivity index (χ1n) is 15.9. The lowest BCUT2D eigenvalue weighted by Gasteiger charge is -2.41. The van der Waals surface area contributed by atoms with Gasteiger partial charge in [0.05, 0.1) is 32.8 Å². The van der Waals surface area contributed by atoms with Crippen molar-refractivity contribution in [1.29, 1.82) is 0 Å². The molecule has 5 aliphatic rings. The molecular weight excluding hydrogens is 660 g/mol. The summed E-state index contributed by atoms with van der Waals surface area (Å²) in [5.74, 6) is -1.03. The van der Waals surface area contributed by atoms with E-state index in [1.54, 1.807) is 0 Å². The Balaban J connectivity index is 1.35. The van der Waals surface area contributed by atoms with Gasteiger partial charge in [0.1, 0.15) is 23.8 Å². The van der Waals surface area contributed by atoms with Crippen molar-refractivity contribution in [3.63, 3.8) is 0 Å². The normalized spacial score (nSPS) is 26.7. The van der Waals surface area contributed by atoms with E-state index in [0.29, 0.717) is 37.3 Å². The second-order valence-corrected chi connectivity index (χ2v) is 14.0. The maximum atomic E-state index is 17.1. The van der Waals surface area contributed by atoms with Gasteiger partial charge in [-0.2, -0.15) is 31.9 Å². The molecule has 2 aromatic heterocycles. The van der Waals surface area contributed by atoms with Gasteiger partial charge in [-0.3, -0.25) is 4.90 Å². The summed E-state index contributed by atoms with van der Waals surface area (Å²) in [6, 6.07) is 0.917. The first-order chi connectivity index (χ1) is 22.8. The Labute approximate surface area is 277 Å². The molecule has 0 radical (unpaired) electrons. The zero-order valence-corrected chi connectivity index (χ0v) is 26.7. The fourth-order valence-corrected chi connectivity index (χ4v) is 9.12. The third kappa shape index (κ3) is 4.77. The average Bonchev–Trinajstić information content (AvgIpc) is 3.67. The van der Waals surface area contributed by atoms with E-state index in [1.807, 2.05) is 4.90 Å². The van der Waals surface area contributed by atoms with E-state index in [1.165, 1.54) is 6.92 Å². The lowest BCUT2D eigenvalue weighted by Crippen LogP contribution is -2.58. The highest BCUT2D eigenvalue weighted by atomic mass is 35.5. The number of piperazine rings is 1. The summed E-state index contributed by atoms with van der Waals surface area (Å²) >= 11 is 6.95. The Morgan fingerprint density at radius 3 is 2.75 bits per heavy atom. The van der Waals surface area contributed by atoms with Crippen LogP contribution in [-0.4, -0.2) is 69.8 Å². The predicted molar refractivity (Wildman–Crippen MR) is 170 cm³/mol. The first kappa shape index (κ1) is 31.6. The summed E-state index contributed by atoms with van der Waals surface area (Å²) in [5.41, 5.74) is 2.96. The molecule has 8 nitrogen and oxygen atoms in total. The highest BCUT2D eigenvalue weighted by Gasteiger charge is 2.49. The van der Waals surface area contributed by atoms with Crippen molar-refractivity contribution >= 4 is 39.7 Å². The fraction of sp³-hybridized carbons (Fsp3) is 0.485. The molecule has 0 amide bonds. The van der Waals surface area contributed by atoms with Crippen LogP contribution in [0.2, 0.25) is 5.02 Å². The third-order valence-corrected chi connectivity index (χ3v) is 11.2. The predicted octanol–water partition coefficient (Wildman–Crippen LogP) is 6.89. The summed E-state index contributed by atoms with van der Waals surface area (Å²) in [6.07, 6.45) is -2.86. The van der Waals surface area contributed by atoms with E-state index in [2.05, 4.69) is 26.8 Å². The number of rotatable bonds is 4. The Bertz CT molecular complexity index is 1930. The molecule has 3 N–H and O–H groups in total. The summed E-state index contributed by atoms with van der Waals surface area (Å²) in [7, 11) is 0. The number of nitrogens with one attached hydrogen (secondary N) is 1. The van der Waals surface area contributed by atoms with Gasteiger partial charge in [-0.05, 0) is 69.2 Å². The van der Waals surface area contributed by atoms with Crippen LogP contribution in [0.1, 0.15) is 55.2 Å². The highest BCUT2D eigenvalue weighted by molar-refractivity contribution is 6.37. The minimum Gasteiger partial charge on any atom is -0.461 e. The summed E-state index contributed by atoms with van der Waals surface area (Å²) in [4.78, 5) is 17.3. The molecule has 4 saturated heterocycles. The molecule has 3 aromatic rings. The van der Waals surface area contributed by atoms with Crippen molar-refractivity contribution in [3.05, 3.63) is 51.8 Å². The zero-order chi connectivity index (χ0) is 33.9. The summed E-state index contributed by atoms with van der Waals surface area (Å²) in [6.45, 7) is 6.79. The van der Waals surface area contributed by atoms with Gasteiger partial charge in [-0.25, -0.2) is 9.37 Å². The number of benzene rings is 1. The largest absolute Gasteiger partial charge is 0.461 e. The van der Waals surface area contributed by atoms with Gasteiger partial charge in [0, 0.05) is 42.4 Å². The van der Waals surface area contributed by atoms with E-state index >= 15 is 4.39 Å². The smallest absolute Gasteiger partial charge is 0.418 e. The molecule has 8 rings (SSSR count). The molecule has 15 heteroatoms. The van der Waals surface area contributed by atoms with Crippen LogP contribution < -0.4 is 20.7 Å². The lowest BCUT2D eigenvalue weighted by molar-refractivity contribution is -0.137. The van der Waals surface area contributed by atoms with Crippen molar-refractivity contribution in [2.24, 2.45) is 0 Å². The van der Waals surface area contributed by atoms with Crippen molar-refractivity contribution in [2.45, 2.75) is 75.3 Å². The summed E-state index contributed by atoms with van der Waals surface area (Å²) < 4.78 is 94.0. The monoisotopic (exact) mass is 691 g/mol. The van der Waals surface area contributed by atoms with Gasteiger partial charge in [0.25, 0.3) is 6.08 Å². The van der Waals surface area contributed by atoms with Crippen LogP contribution in [-0.2, 0) is 6.18 Å². The number of hydrogen-bond acceptors (Lipinski definition) is 8. The minimum atomic E-state index is -4.91. The van der Waals surface area contributed by atoms with Crippen molar-refractivity contribution in [2.75, 3.05) is 36.9 Å². The molecule has 0 spiro atoms. The number of anilines is 2. The Morgan fingerprint density at radius 2 is 2.00 bits per heavy atom. The zero-order valence-electron chi connectivity index (χ0n) is 26.0. The van der Waals surface area contributed by atoms with Crippen molar-refractivity contribution < 1.29 is 31.1 Å². The molecular formula is C33H32ClF6N7O. The van der Waals surface area contributed by atoms with Crippen LogP contribution in [0, 0.1) is 12.7 Å². The molecule has 1 aromatic carbocycles. The van der Waals surface area contributed by atoms with Crippen LogP contribution >= 0.6 is 11.6 Å². The number of pyridine rings is 1. The van der Waals surface area contributed by atoms with Gasteiger partial charge in [-0.15, -0.1) is 0 Å². The average molecular weight is 692 g/mol. The molecule has 4 fully saturated rings. The Morgan fingerprint density at radius 1 is 1.21 bits per heavy atom. The number of fused-ring (bicyclic) bond motifs is 6. The second kappa shape index (κ2) is 10.9. The van der Waals surface area contributed by atoms with E-state index < -0.39 is 40.4 Å². The van der Waals surface area contributed by atoms with Crippen molar-refractivity contribution in [1.82, 2.24) is 25.2 Å². The molecule has 254 valence electrons. The number of halogens is 7. The van der Waals surface area contributed by atoms with E-state index in [-0.39, 0.29) is 82.2 Å². The van der Waals surface area contributed by atoms with Gasteiger partial charge in [0.15, 0.2) is 5.82 Å². The van der Waals surface area contributed by atoms with Crippen LogP contribution in [0.4, 0.5) is 38.0 Å². The van der Waals surface area contributed by atoms with Gasteiger partial charge < -0.3 is 20.7 Å². The van der Waals surface area contributed by atoms with E-state index in [0.717, 1.165) is 25.3 Å². The Kier molecular flexibility index (Phi) is 7.21. The summed E-state index contributed by atoms with van der Waals surface area (Å²) in [5, 5.41) is 3.56. The number of alkyl halides is 3. The first-order valence-corrected chi connectivity index (χ1v) is 16.3. The van der Waals surface area contributed by atoms with Gasteiger partial charge in [0.2, 0.25) is 0 Å². The van der Waals surface area contributed by atoms with Crippen LogP contribution in [0.15, 0.2) is 24.3 Å². The molecule has 7 heterocycles. The molecule has 0 saturated carbocycles. The highest BCUT2D eigenvalue weighted by Crippen LogP contribution is 2.51. The molecule has 0 unspecified atom stereocenters. The number of nitrogen functional groups attached to an aromatic ring is 1. The lowest BCUT2D eigenvalue weighted by atomic mass is 9.91. The van der Waals surface area contributed by atoms with Crippen LogP contribution in [0.25, 0.3) is 27.7 Å². The van der Waals surface area contributed by atoms with Crippen LogP contribution in [0.3, 0.4) is 0 Å². The number of nitrogens with two attached hydrogens (primary N) is 1. The number of aromatic nitrogens is 3. The maximum absolute atomic E-state index is 17.1. The molecule has 4 atom stereocenters. The van der Waals surface area contributed by atoms with Gasteiger partial charge in [-0.1, -0.05) is 18.2 Å². The number of nitrogens with zero attached hydrogens (tertiary/aromatic N) is 5. The number of aryl methyl sites for hydroxylation is 1. The molecule has 0 aliphatic carbocycles. The molecule has 5 aliphatic heterocycles. The number of hydrogen-bond donors (Lipinski definition) is 2. The fourth-order valence-electron chi connectivity index (χ4n) is 8.72. The number of ether oxygens (including phenoxy) is 1. The topological polar surface area (TPSA) is 92.4 Å². The third-order valence-electron chi connectivity index (χ3n) is 10.8. The SMILES string of the molecule is C=C1C[C@@H]2[C@@H]3CC[C@H](CN2c2nc(OC[C@@]45CCCN4CC(=C(F)F)C5)nc4c(F)c(-c5nc(N)cc(C)c5C(F)(F)F)c(Cl)c1c24)N3. The van der Waals surface area contributed by atoms with E-state index in [9.17, 15) is 22.0 Å². The quantitative estimate of drug-likeness (QED) is 0.286. The molecule has 48 heavy (non-hydrogen) atoms. The Hall–Kier alpha value is -3.62. The van der Waals surface area contributed by atoms with Crippen molar-refractivity contribution in [3.8, 4) is 17.3 Å². The van der Waals surface area contributed by atoms with E-state index in [4.69, 9.17) is 27.1 Å². The molecule has 2 bridgehead atoms.